The first-order valence-electron chi connectivity index (χ1n) is 4.76. The lowest BCUT2D eigenvalue weighted by Crippen LogP contribution is -2.35. The zero-order valence-corrected chi connectivity index (χ0v) is 8.81. The molecule has 0 aliphatic carbocycles. The van der Waals surface area contributed by atoms with E-state index in [0.717, 1.165) is 16.4 Å². The largest absolute Gasteiger partial charge is 0.495 e. The van der Waals surface area contributed by atoms with Crippen molar-refractivity contribution >= 4 is 23.5 Å². The molecule has 1 aromatic heterocycles. The van der Waals surface area contributed by atoms with Gasteiger partial charge < -0.3 is 9.31 Å². The van der Waals surface area contributed by atoms with Crippen molar-refractivity contribution in [3.05, 3.63) is 36.5 Å². The highest BCUT2D eigenvalue weighted by molar-refractivity contribution is 6.64. The normalized spacial score (nSPS) is 10.5. The second kappa shape index (κ2) is 4.42. The average molecular weight is 201 g/mol. The van der Waals surface area contributed by atoms with Crippen molar-refractivity contribution < 1.29 is 9.31 Å². The predicted octanol–water partition coefficient (Wildman–Crippen LogP) is 1.22. The molecule has 76 valence electrons. The van der Waals surface area contributed by atoms with E-state index in [4.69, 9.17) is 9.31 Å². The van der Waals surface area contributed by atoms with E-state index in [1.807, 2.05) is 30.3 Å². The molecule has 0 amide bonds. The molecule has 0 fully saturated rings. The van der Waals surface area contributed by atoms with Crippen molar-refractivity contribution in [2.24, 2.45) is 0 Å². The summed E-state index contributed by atoms with van der Waals surface area (Å²) in [6.45, 7) is 0. The van der Waals surface area contributed by atoms with Crippen molar-refractivity contribution in [3.8, 4) is 0 Å². The lowest BCUT2D eigenvalue weighted by molar-refractivity contribution is 0.292. The van der Waals surface area contributed by atoms with E-state index in [9.17, 15) is 0 Å². The quantitative estimate of drug-likeness (QED) is 0.699. The van der Waals surface area contributed by atoms with Crippen LogP contribution in [-0.4, -0.2) is 26.3 Å². The monoisotopic (exact) mass is 201 g/mol. The Balaban J connectivity index is 2.59. The van der Waals surface area contributed by atoms with E-state index in [2.05, 4.69) is 4.98 Å². The molecule has 0 unspecified atom stereocenters. The number of para-hydroxylation sites is 1. The van der Waals surface area contributed by atoms with Crippen LogP contribution in [0.1, 0.15) is 0 Å². The molecule has 3 nitrogen and oxygen atoms in total. The summed E-state index contributed by atoms with van der Waals surface area (Å²) in [5, 5.41) is 1.09. The van der Waals surface area contributed by atoms with Gasteiger partial charge in [-0.15, -0.1) is 0 Å². The number of pyridine rings is 1. The van der Waals surface area contributed by atoms with E-state index >= 15 is 0 Å². The minimum atomic E-state index is -0.358. The average Bonchev–Trinajstić information content (AvgIpc) is 2.31. The molecule has 1 heterocycles. The standard InChI is InChI=1S/C11H12BNO2/c1-14-12(15-2)10-7-3-5-9-6-4-8-13-11(9)10/h3-8H,1-2H3. The Morgan fingerprint density at radius 2 is 1.80 bits per heavy atom. The summed E-state index contributed by atoms with van der Waals surface area (Å²) >= 11 is 0. The highest BCUT2D eigenvalue weighted by Crippen LogP contribution is 2.08. The first kappa shape index (κ1) is 10.1. The lowest BCUT2D eigenvalue weighted by atomic mass is 9.77. The van der Waals surface area contributed by atoms with Crippen LogP contribution in [0, 0.1) is 0 Å². The first-order valence-corrected chi connectivity index (χ1v) is 4.76. The lowest BCUT2D eigenvalue weighted by Gasteiger charge is -2.10. The fourth-order valence-electron chi connectivity index (χ4n) is 1.67. The summed E-state index contributed by atoms with van der Waals surface area (Å²) in [5.74, 6) is 0. The minimum absolute atomic E-state index is 0.358. The van der Waals surface area contributed by atoms with Gasteiger partial charge in [0.05, 0.1) is 5.52 Å². The number of hydrogen-bond donors (Lipinski definition) is 0. The van der Waals surface area contributed by atoms with Gasteiger partial charge in [0, 0.05) is 25.9 Å². The van der Waals surface area contributed by atoms with Crippen LogP contribution in [0.25, 0.3) is 10.9 Å². The fourth-order valence-corrected chi connectivity index (χ4v) is 1.67. The van der Waals surface area contributed by atoms with E-state index in [-0.39, 0.29) is 7.12 Å². The maximum Gasteiger partial charge on any atom is 0.495 e. The Hall–Kier alpha value is -1.39. The molecule has 0 aliphatic rings. The zero-order chi connectivity index (χ0) is 10.7. The van der Waals surface area contributed by atoms with E-state index in [0.29, 0.717) is 0 Å². The molecular weight excluding hydrogens is 189 g/mol. The zero-order valence-electron chi connectivity index (χ0n) is 8.81. The molecule has 0 spiro atoms. The van der Waals surface area contributed by atoms with Crippen LogP contribution >= 0.6 is 0 Å². The maximum atomic E-state index is 5.23. The summed E-state index contributed by atoms with van der Waals surface area (Å²) in [6, 6.07) is 9.90. The van der Waals surface area contributed by atoms with Crippen LogP contribution in [0.3, 0.4) is 0 Å². The molecule has 4 heteroatoms. The Labute approximate surface area is 89.2 Å². The SMILES string of the molecule is COB(OC)c1cccc2cccnc12. The second-order valence-corrected chi connectivity index (χ2v) is 3.23. The van der Waals surface area contributed by atoms with Crippen molar-refractivity contribution in [1.82, 2.24) is 4.98 Å². The van der Waals surface area contributed by atoms with Gasteiger partial charge in [-0.25, -0.2) is 0 Å². The van der Waals surface area contributed by atoms with Crippen LogP contribution in [0.15, 0.2) is 36.5 Å². The number of fused-ring (bicyclic) bond motifs is 1. The van der Waals surface area contributed by atoms with Gasteiger partial charge in [0.15, 0.2) is 0 Å². The summed E-state index contributed by atoms with van der Waals surface area (Å²) < 4.78 is 10.5. The third kappa shape index (κ3) is 1.86. The minimum Gasteiger partial charge on any atom is -0.410 e. The van der Waals surface area contributed by atoms with E-state index < -0.39 is 0 Å². The van der Waals surface area contributed by atoms with Crippen LogP contribution < -0.4 is 5.46 Å². The highest BCUT2D eigenvalue weighted by atomic mass is 16.6. The molecule has 0 N–H and O–H groups in total. The van der Waals surface area contributed by atoms with E-state index in [1.54, 1.807) is 20.4 Å². The van der Waals surface area contributed by atoms with Crippen molar-refractivity contribution in [1.29, 1.82) is 0 Å². The predicted molar refractivity (Wildman–Crippen MR) is 61.1 cm³/mol. The van der Waals surface area contributed by atoms with Gasteiger partial charge in [-0.05, 0) is 11.5 Å². The highest BCUT2D eigenvalue weighted by Gasteiger charge is 2.20. The molecule has 0 aliphatic heterocycles. The maximum absolute atomic E-state index is 5.23. The Morgan fingerprint density at radius 3 is 2.53 bits per heavy atom. The van der Waals surface area contributed by atoms with Gasteiger partial charge in [0.2, 0.25) is 0 Å². The van der Waals surface area contributed by atoms with Crippen molar-refractivity contribution in [2.45, 2.75) is 0 Å². The fraction of sp³-hybridized carbons (Fsp3) is 0.182. The number of nitrogens with zero attached hydrogens (tertiary/aromatic N) is 1. The van der Waals surface area contributed by atoms with Crippen LogP contribution in [-0.2, 0) is 9.31 Å². The van der Waals surface area contributed by atoms with Crippen LogP contribution in [0.4, 0.5) is 0 Å². The van der Waals surface area contributed by atoms with Gasteiger partial charge in [-0.3, -0.25) is 4.98 Å². The number of rotatable bonds is 3. The number of hydrogen-bond acceptors (Lipinski definition) is 3. The molecule has 2 rings (SSSR count). The van der Waals surface area contributed by atoms with Gasteiger partial charge in [0.25, 0.3) is 0 Å². The van der Waals surface area contributed by atoms with Gasteiger partial charge in [-0.2, -0.15) is 0 Å². The molecule has 0 atom stereocenters. The van der Waals surface area contributed by atoms with Gasteiger partial charge in [0.1, 0.15) is 0 Å². The molecule has 0 bridgehead atoms. The summed E-state index contributed by atoms with van der Waals surface area (Å²) in [4.78, 5) is 4.34. The Bertz CT molecular complexity index is 452. The summed E-state index contributed by atoms with van der Waals surface area (Å²) in [7, 11) is 2.88. The molecule has 1 aromatic carbocycles. The van der Waals surface area contributed by atoms with Crippen molar-refractivity contribution in [3.63, 3.8) is 0 Å². The first-order chi connectivity index (χ1) is 7.36. The molecule has 15 heavy (non-hydrogen) atoms. The molecular formula is C11H12BNO2. The van der Waals surface area contributed by atoms with Gasteiger partial charge in [-0.1, -0.05) is 24.3 Å². The Kier molecular flexibility index (Phi) is 2.99. The van der Waals surface area contributed by atoms with Crippen LogP contribution in [0.5, 0.6) is 0 Å². The second-order valence-electron chi connectivity index (χ2n) is 3.23. The smallest absolute Gasteiger partial charge is 0.410 e. The number of aromatic nitrogens is 1. The molecule has 0 saturated heterocycles. The number of benzene rings is 1. The summed E-state index contributed by atoms with van der Waals surface area (Å²) in [6.07, 6.45) is 1.77. The molecule has 0 radical (unpaired) electrons. The topological polar surface area (TPSA) is 31.4 Å². The van der Waals surface area contributed by atoms with Crippen molar-refractivity contribution in [2.75, 3.05) is 14.2 Å². The molecule has 0 saturated carbocycles. The Morgan fingerprint density at radius 1 is 1.07 bits per heavy atom. The van der Waals surface area contributed by atoms with Crippen LogP contribution in [0.2, 0.25) is 0 Å². The molecule has 2 aromatic rings. The summed E-state index contributed by atoms with van der Waals surface area (Å²) in [5.41, 5.74) is 1.88. The van der Waals surface area contributed by atoms with Gasteiger partial charge >= 0.3 is 7.12 Å². The van der Waals surface area contributed by atoms with E-state index in [1.165, 1.54) is 0 Å². The third-order valence-electron chi connectivity index (χ3n) is 2.35. The third-order valence-corrected chi connectivity index (χ3v) is 2.35.